The van der Waals surface area contributed by atoms with Crippen LogP contribution < -0.4 is 10.6 Å². The lowest BCUT2D eigenvalue weighted by atomic mass is 10.1. The van der Waals surface area contributed by atoms with Gasteiger partial charge >= 0.3 is 0 Å². The Morgan fingerprint density at radius 2 is 2.15 bits per heavy atom. The summed E-state index contributed by atoms with van der Waals surface area (Å²) < 4.78 is 23.4. The molecule has 1 aliphatic rings. The zero-order valence-electron chi connectivity index (χ0n) is 11.8. The third-order valence-electron chi connectivity index (χ3n) is 3.48. The summed E-state index contributed by atoms with van der Waals surface area (Å²) in [6.45, 7) is 3.47. The summed E-state index contributed by atoms with van der Waals surface area (Å²) in [4.78, 5) is 12.4. The first-order valence-electron chi connectivity index (χ1n) is 6.70. The summed E-state index contributed by atoms with van der Waals surface area (Å²) in [6, 6.07) is 4.90. The molecule has 0 spiro atoms. The number of piperidine rings is 1. The van der Waals surface area contributed by atoms with Gasteiger partial charge in [-0.05, 0) is 44.0 Å². The van der Waals surface area contributed by atoms with E-state index in [9.17, 15) is 13.2 Å². The van der Waals surface area contributed by atoms with E-state index in [0.717, 1.165) is 32.2 Å². The summed E-state index contributed by atoms with van der Waals surface area (Å²) in [6.07, 6.45) is 3.14. The van der Waals surface area contributed by atoms with E-state index in [4.69, 9.17) is 0 Å². The number of sulfone groups is 1. The van der Waals surface area contributed by atoms with Crippen molar-refractivity contribution in [3.63, 3.8) is 0 Å². The first-order valence-corrected chi connectivity index (χ1v) is 8.59. The smallest absolute Gasteiger partial charge is 0.251 e. The lowest BCUT2D eigenvalue weighted by Crippen LogP contribution is -2.45. The Balaban J connectivity index is 2.18. The van der Waals surface area contributed by atoms with Gasteiger partial charge in [0.15, 0.2) is 9.84 Å². The van der Waals surface area contributed by atoms with Crippen molar-refractivity contribution in [2.24, 2.45) is 0 Å². The maximum atomic E-state index is 12.2. The Kier molecular flexibility index (Phi) is 4.45. The fourth-order valence-electron chi connectivity index (χ4n) is 2.38. The number of benzene rings is 1. The fourth-order valence-corrected chi connectivity index (χ4v) is 3.38. The van der Waals surface area contributed by atoms with Crippen LogP contribution in [-0.4, -0.2) is 39.7 Å². The number of amides is 1. The van der Waals surface area contributed by atoms with Crippen LogP contribution in [0, 0.1) is 6.92 Å². The predicted molar refractivity (Wildman–Crippen MR) is 77.6 cm³/mol. The highest BCUT2D eigenvalue weighted by Crippen LogP contribution is 2.17. The minimum absolute atomic E-state index is 0.110. The lowest BCUT2D eigenvalue weighted by molar-refractivity contribution is 0.0930. The van der Waals surface area contributed by atoms with Crippen LogP contribution in [0.4, 0.5) is 0 Å². The fraction of sp³-hybridized carbons (Fsp3) is 0.500. The SMILES string of the molecule is Cc1ccc(C(=O)NC2CCCNC2)cc1S(C)(=O)=O. The molecule has 5 nitrogen and oxygen atoms in total. The monoisotopic (exact) mass is 296 g/mol. The highest BCUT2D eigenvalue weighted by atomic mass is 32.2. The molecule has 1 atom stereocenters. The van der Waals surface area contributed by atoms with Crippen molar-refractivity contribution in [3.05, 3.63) is 29.3 Å². The molecule has 20 heavy (non-hydrogen) atoms. The van der Waals surface area contributed by atoms with Crippen molar-refractivity contribution in [2.45, 2.75) is 30.7 Å². The molecule has 0 saturated carbocycles. The molecule has 0 radical (unpaired) electrons. The van der Waals surface area contributed by atoms with Crippen LogP contribution >= 0.6 is 0 Å². The number of rotatable bonds is 3. The average molecular weight is 296 g/mol. The first-order chi connectivity index (χ1) is 9.38. The maximum Gasteiger partial charge on any atom is 0.251 e. The third kappa shape index (κ3) is 3.58. The van der Waals surface area contributed by atoms with Crippen molar-refractivity contribution in [1.29, 1.82) is 0 Å². The number of hydrogen-bond donors (Lipinski definition) is 2. The summed E-state index contributed by atoms with van der Waals surface area (Å²) in [5.41, 5.74) is 1.05. The number of hydrogen-bond acceptors (Lipinski definition) is 4. The molecule has 1 aliphatic heterocycles. The van der Waals surface area contributed by atoms with Gasteiger partial charge in [-0.1, -0.05) is 6.07 Å². The van der Waals surface area contributed by atoms with E-state index in [-0.39, 0.29) is 16.8 Å². The van der Waals surface area contributed by atoms with E-state index in [1.807, 2.05) is 0 Å². The van der Waals surface area contributed by atoms with Gasteiger partial charge in [-0.2, -0.15) is 0 Å². The van der Waals surface area contributed by atoms with Gasteiger partial charge in [-0.25, -0.2) is 8.42 Å². The average Bonchev–Trinajstić information content (AvgIpc) is 2.39. The van der Waals surface area contributed by atoms with E-state index in [0.29, 0.717) is 11.1 Å². The van der Waals surface area contributed by atoms with Crippen LogP contribution in [0.15, 0.2) is 23.1 Å². The van der Waals surface area contributed by atoms with E-state index in [2.05, 4.69) is 10.6 Å². The molecule has 1 aromatic rings. The molecular weight excluding hydrogens is 276 g/mol. The largest absolute Gasteiger partial charge is 0.348 e. The van der Waals surface area contributed by atoms with Crippen molar-refractivity contribution in [3.8, 4) is 0 Å². The van der Waals surface area contributed by atoms with Gasteiger partial charge in [0.25, 0.3) is 5.91 Å². The van der Waals surface area contributed by atoms with Crippen molar-refractivity contribution in [1.82, 2.24) is 10.6 Å². The summed E-state index contributed by atoms with van der Waals surface area (Å²) in [5, 5.41) is 6.16. The highest BCUT2D eigenvalue weighted by molar-refractivity contribution is 7.90. The number of aryl methyl sites for hydroxylation is 1. The van der Waals surface area contributed by atoms with Gasteiger partial charge in [0.1, 0.15) is 0 Å². The third-order valence-corrected chi connectivity index (χ3v) is 4.72. The Morgan fingerprint density at radius 1 is 1.40 bits per heavy atom. The van der Waals surface area contributed by atoms with Gasteiger partial charge in [0.2, 0.25) is 0 Å². The lowest BCUT2D eigenvalue weighted by Gasteiger charge is -2.23. The second-order valence-corrected chi connectivity index (χ2v) is 7.25. The predicted octanol–water partition coefficient (Wildman–Crippen LogP) is 0.880. The molecule has 1 aromatic carbocycles. The van der Waals surface area contributed by atoms with Gasteiger partial charge in [-0.3, -0.25) is 4.79 Å². The highest BCUT2D eigenvalue weighted by Gasteiger charge is 2.18. The van der Waals surface area contributed by atoms with Crippen molar-refractivity contribution in [2.75, 3.05) is 19.3 Å². The quantitative estimate of drug-likeness (QED) is 0.868. The van der Waals surface area contributed by atoms with Gasteiger partial charge < -0.3 is 10.6 Å². The molecule has 1 heterocycles. The van der Waals surface area contributed by atoms with Crippen LogP contribution in [0.2, 0.25) is 0 Å². The number of carbonyl (C=O) groups excluding carboxylic acids is 1. The number of carbonyl (C=O) groups is 1. The molecule has 110 valence electrons. The molecule has 0 aromatic heterocycles. The molecule has 0 aliphatic carbocycles. The summed E-state index contributed by atoms with van der Waals surface area (Å²) >= 11 is 0. The van der Waals surface area contributed by atoms with E-state index in [1.165, 1.54) is 6.07 Å². The summed E-state index contributed by atoms with van der Waals surface area (Å²) in [7, 11) is -3.31. The van der Waals surface area contributed by atoms with Crippen molar-refractivity contribution >= 4 is 15.7 Å². The van der Waals surface area contributed by atoms with Gasteiger partial charge in [-0.15, -0.1) is 0 Å². The Morgan fingerprint density at radius 3 is 2.75 bits per heavy atom. The molecule has 2 N–H and O–H groups in total. The van der Waals surface area contributed by atoms with Crippen LogP contribution in [-0.2, 0) is 9.84 Å². The normalized spacial score (nSPS) is 19.6. The van der Waals surface area contributed by atoms with E-state index < -0.39 is 9.84 Å². The molecule has 1 fully saturated rings. The topological polar surface area (TPSA) is 75.3 Å². The standard InChI is InChI=1S/C14H20N2O3S/c1-10-5-6-11(8-13(10)20(2,18)19)14(17)16-12-4-3-7-15-9-12/h5-6,8,12,15H,3-4,7,9H2,1-2H3,(H,16,17). The minimum atomic E-state index is -3.31. The second kappa shape index (κ2) is 5.93. The number of nitrogens with one attached hydrogen (secondary N) is 2. The van der Waals surface area contributed by atoms with Gasteiger partial charge in [0, 0.05) is 24.4 Å². The summed E-state index contributed by atoms with van der Waals surface area (Å²) in [5.74, 6) is -0.219. The molecular formula is C14H20N2O3S. The zero-order chi connectivity index (χ0) is 14.8. The molecule has 1 amide bonds. The molecule has 6 heteroatoms. The van der Waals surface area contributed by atoms with Crippen LogP contribution in [0.3, 0.4) is 0 Å². The Labute approximate surface area is 119 Å². The zero-order valence-corrected chi connectivity index (χ0v) is 12.6. The molecule has 0 bridgehead atoms. The van der Waals surface area contributed by atoms with Gasteiger partial charge in [0.05, 0.1) is 4.90 Å². The van der Waals surface area contributed by atoms with Crippen LogP contribution in [0.5, 0.6) is 0 Å². The van der Waals surface area contributed by atoms with Crippen molar-refractivity contribution < 1.29 is 13.2 Å². The molecule has 2 rings (SSSR count). The van der Waals surface area contributed by atoms with Crippen LogP contribution in [0.25, 0.3) is 0 Å². The van der Waals surface area contributed by atoms with E-state index >= 15 is 0 Å². The minimum Gasteiger partial charge on any atom is -0.348 e. The molecule has 1 saturated heterocycles. The second-order valence-electron chi connectivity index (χ2n) is 5.27. The van der Waals surface area contributed by atoms with Crippen LogP contribution in [0.1, 0.15) is 28.8 Å². The molecule has 1 unspecified atom stereocenters. The maximum absolute atomic E-state index is 12.2. The Hall–Kier alpha value is -1.40. The first kappa shape index (κ1) is 15.0. The Bertz CT molecular complexity index is 605. The van der Waals surface area contributed by atoms with E-state index in [1.54, 1.807) is 19.1 Å².